The van der Waals surface area contributed by atoms with E-state index in [1.54, 1.807) is 54.9 Å². The topological polar surface area (TPSA) is 95.2 Å². The Morgan fingerprint density at radius 3 is 2.86 bits per heavy atom. The molecule has 146 valence electrons. The SMILES string of the molecule is O=C(NCC1CCCN(S(=O)(=O)c2ccccc2)C1)c1ccc2nc[nH]c2c1. The van der Waals surface area contributed by atoms with E-state index in [0.717, 1.165) is 23.9 Å². The summed E-state index contributed by atoms with van der Waals surface area (Å²) in [6.07, 6.45) is 3.27. The van der Waals surface area contributed by atoms with Crippen molar-refractivity contribution in [1.29, 1.82) is 0 Å². The van der Waals surface area contributed by atoms with E-state index in [1.165, 1.54) is 4.31 Å². The molecule has 2 aromatic carbocycles. The van der Waals surface area contributed by atoms with E-state index in [9.17, 15) is 13.2 Å². The minimum Gasteiger partial charge on any atom is -0.352 e. The summed E-state index contributed by atoms with van der Waals surface area (Å²) >= 11 is 0. The van der Waals surface area contributed by atoms with Crippen LogP contribution < -0.4 is 5.32 Å². The zero-order chi connectivity index (χ0) is 19.6. The number of amides is 1. The number of sulfonamides is 1. The second-order valence-electron chi connectivity index (χ2n) is 7.03. The molecule has 4 rings (SSSR count). The number of fused-ring (bicyclic) bond motifs is 1. The van der Waals surface area contributed by atoms with Gasteiger partial charge >= 0.3 is 0 Å². The summed E-state index contributed by atoms with van der Waals surface area (Å²) < 4.78 is 27.2. The predicted octanol–water partition coefficient (Wildman–Crippen LogP) is 2.39. The number of carbonyl (C=O) groups is 1. The van der Waals surface area contributed by atoms with Gasteiger partial charge in [-0.15, -0.1) is 0 Å². The number of piperidine rings is 1. The molecule has 1 saturated heterocycles. The van der Waals surface area contributed by atoms with Crippen LogP contribution >= 0.6 is 0 Å². The van der Waals surface area contributed by atoms with Gasteiger partial charge in [0.15, 0.2) is 0 Å². The van der Waals surface area contributed by atoms with Crippen molar-refractivity contribution in [1.82, 2.24) is 19.6 Å². The first-order valence-electron chi connectivity index (χ1n) is 9.30. The van der Waals surface area contributed by atoms with Gasteiger partial charge in [0.25, 0.3) is 5.91 Å². The number of hydrogen-bond acceptors (Lipinski definition) is 4. The number of benzene rings is 2. The third-order valence-electron chi connectivity index (χ3n) is 5.10. The van der Waals surface area contributed by atoms with E-state index in [-0.39, 0.29) is 11.8 Å². The van der Waals surface area contributed by atoms with E-state index >= 15 is 0 Å². The average Bonchev–Trinajstić information content (AvgIpc) is 3.21. The highest BCUT2D eigenvalue weighted by molar-refractivity contribution is 7.89. The van der Waals surface area contributed by atoms with Crippen LogP contribution in [0.1, 0.15) is 23.2 Å². The summed E-state index contributed by atoms with van der Waals surface area (Å²) in [4.78, 5) is 19.9. The number of H-pyrrole nitrogens is 1. The van der Waals surface area contributed by atoms with Crippen molar-refractivity contribution >= 4 is 27.0 Å². The number of aromatic nitrogens is 2. The summed E-state index contributed by atoms with van der Waals surface area (Å²) in [5, 5.41) is 2.94. The standard InChI is InChI=1S/C20H22N4O3S/c25-20(16-8-9-18-19(11-16)23-14-22-18)21-12-15-5-4-10-24(13-15)28(26,27)17-6-2-1-3-7-17/h1-3,6-9,11,14-15H,4-5,10,12-13H2,(H,21,25)(H,22,23). The molecule has 0 spiro atoms. The van der Waals surface area contributed by atoms with Crippen LogP contribution in [0.4, 0.5) is 0 Å². The lowest BCUT2D eigenvalue weighted by Gasteiger charge is -2.32. The number of carbonyl (C=O) groups excluding carboxylic acids is 1. The average molecular weight is 398 g/mol. The zero-order valence-electron chi connectivity index (χ0n) is 15.3. The number of hydrogen-bond donors (Lipinski definition) is 2. The van der Waals surface area contributed by atoms with Gasteiger partial charge in [0.05, 0.1) is 22.3 Å². The third kappa shape index (κ3) is 3.79. The van der Waals surface area contributed by atoms with Gasteiger partial charge in [0.2, 0.25) is 10.0 Å². The number of aromatic amines is 1. The molecule has 2 heterocycles. The maximum Gasteiger partial charge on any atom is 0.251 e. The Balaban J connectivity index is 1.39. The molecule has 1 fully saturated rings. The minimum atomic E-state index is -3.49. The van der Waals surface area contributed by atoms with Crippen molar-refractivity contribution in [3.05, 3.63) is 60.4 Å². The Bertz CT molecular complexity index is 1080. The summed E-state index contributed by atoms with van der Waals surface area (Å²) in [7, 11) is -3.49. The molecule has 0 saturated carbocycles. The smallest absolute Gasteiger partial charge is 0.251 e. The van der Waals surface area contributed by atoms with Crippen LogP contribution in [-0.2, 0) is 10.0 Å². The minimum absolute atomic E-state index is 0.0899. The van der Waals surface area contributed by atoms with E-state index < -0.39 is 10.0 Å². The molecule has 1 unspecified atom stereocenters. The fraction of sp³-hybridized carbons (Fsp3) is 0.300. The van der Waals surface area contributed by atoms with Gasteiger partial charge in [-0.05, 0) is 49.1 Å². The molecule has 1 aliphatic rings. The van der Waals surface area contributed by atoms with Crippen molar-refractivity contribution in [2.24, 2.45) is 5.92 Å². The van der Waals surface area contributed by atoms with Crippen molar-refractivity contribution < 1.29 is 13.2 Å². The van der Waals surface area contributed by atoms with E-state index in [1.807, 2.05) is 0 Å². The molecule has 1 aromatic heterocycles. The lowest BCUT2D eigenvalue weighted by Crippen LogP contribution is -2.43. The molecule has 0 bridgehead atoms. The Labute approximate surface area is 163 Å². The molecule has 3 aromatic rings. The van der Waals surface area contributed by atoms with Crippen molar-refractivity contribution in [3.63, 3.8) is 0 Å². The molecule has 7 nitrogen and oxygen atoms in total. The number of nitrogens with zero attached hydrogens (tertiary/aromatic N) is 2. The molecular formula is C20H22N4O3S. The number of rotatable bonds is 5. The van der Waals surface area contributed by atoms with Gasteiger partial charge in [-0.25, -0.2) is 13.4 Å². The van der Waals surface area contributed by atoms with Crippen LogP contribution in [0.15, 0.2) is 59.8 Å². The highest BCUT2D eigenvalue weighted by Gasteiger charge is 2.30. The van der Waals surface area contributed by atoms with Gasteiger partial charge in [-0.2, -0.15) is 4.31 Å². The second kappa shape index (κ2) is 7.73. The molecular weight excluding hydrogens is 376 g/mol. The van der Waals surface area contributed by atoms with Crippen molar-refractivity contribution in [2.75, 3.05) is 19.6 Å². The Kier molecular flexibility index (Phi) is 5.15. The predicted molar refractivity (Wildman–Crippen MR) is 106 cm³/mol. The van der Waals surface area contributed by atoms with Gasteiger partial charge in [-0.3, -0.25) is 4.79 Å². The highest BCUT2D eigenvalue weighted by atomic mass is 32.2. The lowest BCUT2D eigenvalue weighted by atomic mass is 9.99. The molecule has 1 aliphatic heterocycles. The Hall–Kier alpha value is -2.71. The first-order valence-corrected chi connectivity index (χ1v) is 10.7. The second-order valence-corrected chi connectivity index (χ2v) is 8.97. The van der Waals surface area contributed by atoms with Gasteiger partial charge in [-0.1, -0.05) is 18.2 Å². The third-order valence-corrected chi connectivity index (χ3v) is 6.98. The largest absolute Gasteiger partial charge is 0.352 e. The molecule has 1 atom stereocenters. The molecule has 1 amide bonds. The summed E-state index contributed by atoms with van der Waals surface area (Å²) in [5.41, 5.74) is 2.18. The summed E-state index contributed by atoms with van der Waals surface area (Å²) in [5.74, 6) is -0.0772. The maximum atomic E-state index is 12.8. The summed E-state index contributed by atoms with van der Waals surface area (Å²) in [6.45, 7) is 1.37. The first kappa shape index (κ1) is 18.6. The highest BCUT2D eigenvalue weighted by Crippen LogP contribution is 2.23. The van der Waals surface area contributed by atoms with Crippen LogP contribution in [-0.4, -0.2) is 48.2 Å². The number of nitrogens with one attached hydrogen (secondary N) is 2. The van der Waals surface area contributed by atoms with Crippen molar-refractivity contribution in [2.45, 2.75) is 17.7 Å². The van der Waals surface area contributed by atoms with Crippen LogP contribution in [0.2, 0.25) is 0 Å². The fourth-order valence-corrected chi connectivity index (χ4v) is 5.14. The fourth-order valence-electron chi connectivity index (χ4n) is 3.57. The summed E-state index contributed by atoms with van der Waals surface area (Å²) in [6, 6.07) is 13.8. The van der Waals surface area contributed by atoms with Gasteiger partial charge < -0.3 is 10.3 Å². The maximum absolute atomic E-state index is 12.8. The van der Waals surface area contributed by atoms with Crippen LogP contribution in [0.3, 0.4) is 0 Å². The normalized spacial score (nSPS) is 18.2. The lowest BCUT2D eigenvalue weighted by molar-refractivity contribution is 0.0941. The zero-order valence-corrected chi connectivity index (χ0v) is 16.2. The first-order chi connectivity index (χ1) is 13.5. The van der Waals surface area contributed by atoms with E-state index in [0.29, 0.717) is 30.1 Å². The van der Waals surface area contributed by atoms with Gasteiger partial charge in [0.1, 0.15) is 0 Å². The molecule has 0 radical (unpaired) electrons. The molecule has 0 aliphatic carbocycles. The molecule has 8 heteroatoms. The number of imidazole rings is 1. The van der Waals surface area contributed by atoms with Crippen LogP contribution in [0.25, 0.3) is 11.0 Å². The molecule has 2 N–H and O–H groups in total. The van der Waals surface area contributed by atoms with E-state index in [2.05, 4.69) is 15.3 Å². The Morgan fingerprint density at radius 2 is 2.04 bits per heavy atom. The monoisotopic (exact) mass is 398 g/mol. The van der Waals surface area contributed by atoms with Gasteiger partial charge in [0, 0.05) is 25.2 Å². The van der Waals surface area contributed by atoms with Crippen molar-refractivity contribution in [3.8, 4) is 0 Å². The van der Waals surface area contributed by atoms with Crippen LogP contribution in [0.5, 0.6) is 0 Å². The Morgan fingerprint density at radius 1 is 1.21 bits per heavy atom. The quantitative estimate of drug-likeness (QED) is 0.690. The molecule has 28 heavy (non-hydrogen) atoms. The van der Waals surface area contributed by atoms with E-state index in [4.69, 9.17) is 0 Å². The van der Waals surface area contributed by atoms with Crippen LogP contribution in [0, 0.1) is 5.92 Å².